The van der Waals surface area contributed by atoms with E-state index in [2.05, 4.69) is 49.9 Å². The number of carbonyl (C=O) groups is 1. The summed E-state index contributed by atoms with van der Waals surface area (Å²) < 4.78 is 0. The second-order valence-electron chi connectivity index (χ2n) is 6.18. The number of hydrogen-bond donors (Lipinski definition) is 0. The summed E-state index contributed by atoms with van der Waals surface area (Å²) in [6.07, 6.45) is 1.02. The number of hydrogen-bond acceptors (Lipinski definition) is 3. The van der Waals surface area contributed by atoms with E-state index in [-0.39, 0.29) is 5.78 Å². The molecule has 0 saturated carbocycles. The lowest BCUT2D eigenvalue weighted by Gasteiger charge is -2.22. The maximum absolute atomic E-state index is 12.3. The first-order valence-electron chi connectivity index (χ1n) is 7.52. The highest BCUT2D eigenvalue weighted by molar-refractivity contribution is 5.97. The number of benzene rings is 1. The summed E-state index contributed by atoms with van der Waals surface area (Å²) in [6.45, 7) is 6.95. The molecule has 0 aliphatic carbocycles. The van der Waals surface area contributed by atoms with E-state index in [4.69, 9.17) is 0 Å². The second kappa shape index (κ2) is 6.51. The van der Waals surface area contributed by atoms with Gasteiger partial charge in [-0.25, -0.2) is 0 Å². The molecule has 1 saturated heterocycles. The number of rotatable bonds is 5. The normalized spacial score (nSPS) is 23.4. The molecule has 1 heterocycles. The second-order valence-corrected chi connectivity index (χ2v) is 6.18. The molecule has 1 aliphatic heterocycles. The fourth-order valence-electron chi connectivity index (χ4n) is 3.07. The molecule has 110 valence electrons. The van der Waals surface area contributed by atoms with Crippen LogP contribution in [0.15, 0.2) is 24.3 Å². The van der Waals surface area contributed by atoms with Crippen molar-refractivity contribution < 1.29 is 4.79 Å². The Morgan fingerprint density at radius 3 is 2.40 bits per heavy atom. The number of likely N-dealkylation sites (N-methyl/N-ethyl adjacent to an activating group) is 1. The van der Waals surface area contributed by atoms with Crippen molar-refractivity contribution in [3.8, 4) is 0 Å². The zero-order valence-electron chi connectivity index (χ0n) is 13.1. The van der Waals surface area contributed by atoms with Crippen molar-refractivity contribution in [2.45, 2.75) is 26.3 Å². The van der Waals surface area contributed by atoms with Crippen LogP contribution >= 0.6 is 0 Å². The van der Waals surface area contributed by atoms with E-state index in [0.29, 0.717) is 18.5 Å². The third-order valence-electron chi connectivity index (χ3n) is 4.36. The lowest BCUT2D eigenvalue weighted by molar-refractivity contribution is 0.0941. The number of nitrogens with zero attached hydrogens (tertiary/aromatic N) is 2. The predicted molar refractivity (Wildman–Crippen MR) is 83.2 cm³/mol. The van der Waals surface area contributed by atoms with Gasteiger partial charge in [0.25, 0.3) is 0 Å². The minimum absolute atomic E-state index is 0.235. The lowest BCUT2D eigenvalue weighted by atomic mass is 10.1. The monoisotopic (exact) mass is 274 g/mol. The molecule has 1 aromatic rings. The van der Waals surface area contributed by atoms with Gasteiger partial charge in [-0.15, -0.1) is 0 Å². The van der Waals surface area contributed by atoms with Gasteiger partial charge in [0.1, 0.15) is 0 Å². The summed E-state index contributed by atoms with van der Waals surface area (Å²) >= 11 is 0. The Balaban J connectivity index is 1.95. The molecule has 2 atom stereocenters. The minimum atomic E-state index is 0.235. The van der Waals surface area contributed by atoms with E-state index in [1.165, 1.54) is 5.56 Å². The Bertz CT molecular complexity index is 453. The van der Waals surface area contributed by atoms with Crippen molar-refractivity contribution in [3.63, 3.8) is 0 Å². The highest BCUT2D eigenvalue weighted by atomic mass is 16.1. The van der Waals surface area contributed by atoms with Crippen molar-refractivity contribution in [3.05, 3.63) is 35.4 Å². The van der Waals surface area contributed by atoms with Crippen molar-refractivity contribution in [2.24, 2.45) is 5.92 Å². The van der Waals surface area contributed by atoms with Crippen LogP contribution in [0.1, 0.15) is 29.8 Å². The Morgan fingerprint density at radius 1 is 1.25 bits per heavy atom. The van der Waals surface area contributed by atoms with Gasteiger partial charge in [-0.1, -0.05) is 38.1 Å². The van der Waals surface area contributed by atoms with Gasteiger partial charge in [-0.3, -0.25) is 9.69 Å². The van der Waals surface area contributed by atoms with E-state index in [0.717, 1.165) is 25.1 Å². The fraction of sp³-hybridized carbons (Fsp3) is 0.588. The van der Waals surface area contributed by atoms with Crippen LogP contribution in [0.5, 0.6) is 0 Å². The van der Waals surface area contributed by atoms with Gasteiger partial charge < -0.3 is 4.90 Å². The van der Waals surface area contributed by atoms with E-state index in [1.807, 2.05) is 12.1 Å². The summed E-state index contributed by atoms with van der Waals surface area (Å²) in [4.78, 5) is 16.9. The van der Waals surface area contributed by atoms with Gasteiger partial charge in [0.2, 0.25) is 0 Å². The third kappa shape index (κ3) is 3.47. The van der Waals surface area contributed by atoms with Gasteiger partial charge >= 0.3 is 0 Å². The number of carbonyl (C=O) groups excluding carboxylic acids is 1. The topological polar surface area (TPSA) is 23.6 Å². The van der Waals surface area contributed by atoms with Crippen LogP contribution < -0.4 is 0 Å². The summed E-state index contributed by atoms with van der Waals surface area (Å²) in [5, 5.41) is 0. The van der Waals surface area contributed by atoms with Gasteiger partial charge in [0.15, 0.2) is 5.78 Å². The molecule has 0 aromatic heterocycles. The van der Waals surface area contributed by atoms with Crippen molar-refractivity contribution in [1.82, 2.24) is 9.80 Å². The largest absolute Gasteiger partial charge is 0.305 e. The molecule has 1 aliphatic rings. The molecule has 3 nitrogen and oxygen atoms in total. The van der Waals surface area contributed by atoms with E-state index < -0.39 is 0 Å². The number of likely N-dealkylation sites (tertiary alicyclic amines) is 1. The van der Waals surface area contributed by atoms with Crippen LogP contribution in [-0.4, -0.2) is 55.4 Å². The molecule has 20 heavy (non-hydrogen) atoms. The van der Waals surface area contributed by atoms with Crippen LogP contribution in [0.2, 0.25) is 0 Å². The van der Waals surface area contributed by atoms with Gasteiger partial charge in [-0.2, -0.15) is 0 Å². The first-order chi connectivity index (χ1) is 9.51. The van der Waals surface area contributed by atoms with Crippen molar-refractivity contribution in [1.29, 1.82) is 0 Å². The zero-order chi connectivity index (χ0) is 14.7. The SMILES string of the molecule is CCc1ccc(C(=O)CN2CC(C)C(N(C)C)C2)cc1. The van der Waals surface area contributed by atoms with E-state index in [1.54, 1.807) is 0 Å². The molecule has 2 unspecified atom stereocenters. The van der Waals surface area contributed by atoms with Crippen LogP contribution in [-0.2, 0) is 6.42 Å². The van der Waals surface area contributed by atoms with Gasteiger partial charge in [0, 0.05) is 24.7 Å². The Hall–Kier alpha value is -1.19. The molecule has 0 N–H and O–H groups in total. The van der Waals surface area contributed by atoms with Gasteiger partial charge in [-0.05, 0) is 32.0 Å². The smallest absolute Gasteiger partial charge is 0.176 e. The van der Waals surface area contributed by atoms with Crippen LogP contribution in [0.25, 0.3) is 0 Å². The zero-order valence-corrected chi connectivity index (χ0v) is 13.1. The highest BCUT2D eigenvalue weighted by Crippen LogP contribution is 2.20. The summed E-state index contributed by atoms with van der Waals surface area (Å²) in [5.74, 6) is 0.861. The molecular weight excluding hydrogens is 248 g/mol. The minimum Gasteiger partial charge on any atom is -0.305 e. The summed E-state index contributed by atoms with van der Waals surface area (Å²) in [7, 11) is 4.24. The lowest BCUT2D eigenvalue weighted by Crippen LogP contribution is -2.35. The van der Waals surface area contributed by atoms with Crippen LogP contribution in [0, 0.1) is 5.92 Å². The molecule has 0 radical (unpaired) electrons. The first-order valence-corrected chi connectivity index (χ1v) is 7.52. The highest BCUT2D eigenvalue weighted by Gasteiger charge is 2.31. The molecule has 1 fully saturated rings. The molecule has 2 rings (SSSR count). The Morgan fingerprint density at radius 2 is 1.90 bits per heavy atom. The van der Waals surface area contributed by atoms with Crippen molar-refractivity contribution in [2.75, 3.05) is 33.7 Å². The standard InChI is InChI=1S/C17H26N2O/c1-5-14-6-8-15(9-7-14)17(20)12-19-10-13(2)16(11-19)18(3)4/h6-9,13,16H,5,10-12H2,1-4H3. The molecule has 3 heteroatoms. The van der Waals surface area contributed by atoms with E-state index >= 15 is 0 Å². The average Bonchev–Trinajstić information content (AvgIpc) is 2.79. The van der Waals surface area contributed by atoms with Gasteiger partial charge in [0.05, 0.1) is 6.54 Å². The first kappa shape index (κ1) is 15.2. The predicted octanol–water partition coefficient (Wildman–Crippen LogP) is 2.31. The van der Waals surface area contributed by atoms with E-state index in [9.17, 15) is 4.79 Å². The molecular formula is C17H26N2O. The molecule has 0 bridgehead atoms. The molecule has 1 aromatic carbocycles. The Labute approximate surface area is 122 Å². The van der Waals surface area contributed by atoms with Crippen LogP contribution in [0.4, 0.5) is 0 Å². The van der Waals surface area contributed by atoms with Crippen LogP contribution in [0.3, 0.4) is 0 Å². The quantitative estimate of drug-likeness (QED) is 0.770. The number of ketones is 1. The third-order valence-corrected chi connectivity index (χ3v) is 4.36. The average molecular weight is 274 g/mol. The number of Topliss-reactive ketones (excluding diaryl/α,β-unsaturated/α-hetero) is 1. The molecule has 0 amide bonds. The summed E-state index contributed by atoms with van der Waals surface area (Å²) in [6, 6.07) is 8.60. The molecule has 0 spiro atoms. The maximum Gasteiger partial charge on any atom is 0.176 e. The fourth-order valence-corrected chi connectivity index (χ4v) is 3.07. The number of aryl methyl sites for hydroxylation is 1. The van der Waals surface area contributed by atoms with Crippen molar-refractivity contribution >= 4 is 5.78 Å². The Kier molecular flexibility index (Phi) is 4.95. The summed E-state index contributed by atoms with van der Waals surface area (Å²) in [5.41, 5.74) is 2.12. The maximum atomic E-state index is 12.3.